The van der Waals surface area contributed by atoms with Gasteiger partial charge in [0.15, 0.2) is 0 Å². The topological polar surface area (TPSA) is 42.3 Å². The lowest BCUT2D eigenvalue weighted by molar-refractivity contribution is -0.117. The van der Waals surface area contributed by atoms with E-state index in [9.17, 15) is 9.59 Å². The molecule has 5 rings (SSSR count). The summed E-state index contributed by atoms with van der Waals surface area (Å²) in [5, 5.41) is 1.48. The number of halogens is 1. The number of carbonyl (C=O) groups is 2. The number of hydrogen-bond donors (Lipinski definition) is 0. The molecule has 5 heteroatoms. The van der Waals surface area contributed by atoms with Crippen LogP contribution >= 0.6 is 11.6 Å². The summed E-state index contributed by atoms with van der Waals surface area (Å²) in [7, 11) is 0. The zero-order chi connectivity index (χ0) is 17.3. The van der Waals surface area contributed by atoms with E-state index in [4.69, 9.17) is 11.6 Å². The normalized spacial score (nSPS) is 21.9. The molecule has 2 aliphatic rings. The van der Waals surface area contributed by atoms with E-state index in [-0.39, 0.29) is 11.8 Å². The van der Waals surface area contributed by atoms with Gasteiger partial charge in [-0.1, -0.05) is 29.8 Å². The second kappa shape index (κ2) is 4.73. The third-order valence-electron chi connectivity index (χ3n) is 5.46. The van der Waals surface area contributed by atoms with E-state index in [2.05, 4.69) is 0 Å². The Bertz CT molecular complexity index is 1080. The average Bonchev–Trinajstić information content (AvgIpc) is 3.12. The van der Waals surface area contributed by atoms with Gasteiger partial charge >= 0.3 is 0 Å². The lowest BCUT2D eigenvalue weighted by atomic mass is 9.94. The van der Waals surface area contributed by atoms with Gasteiger partial charge in [0.25, 0.3) is 5.91 Å². The zero-order valence-electron chi connectivity index (χ0n) is 13.6. The Morgan fingerprint density at radius 2 is 1.88 bits per heavy atom. The van der Waals surface area contributed by atoms with Crippen LogP contribution in [0.5, 0.6) is 0 Å². The van der Waals surface area contributed by atoms with Crippen LogP contribution in [0.3, 0.4) is 0 Å². The van der Waals surface area contributed by atoms with Crippen LogP contribution in [-0.2, 0) is 10.3 Å². The van der Waals surface area contributed by atoms with Crippen molar-refractivity contribution in [3.63, 3.8) is 0 Å². The molecule has 3 heterocycles. The van der Waals surface area contributed by atoms with Crippen LogP contribution in [0.2, 0.25) is 5.02 Å². The Balaban J connectivity index is 1.95. The SMILES string of the molecule is CC12CCC(=O)N1c1ccc(Cl)cc1C(=O)n1c2cc2ccccc21. The van der Waals surface area contributed by atoms with E-state index in [1.54, 1.807) is 27.7 Å². The van der Waals surface area contributed by atoms with E-state index >= 15 is 0 Å². The highest BCUT2D eigenvalue weighted by Crippen LogP contribution is 2.47. The number of aromatic nitrogens is 1. The average molecular weight is 351 g/mol. The van der Waals surface area contributed by atoms with Gasteiger partial charge in [0.1, 0.15) is 0 Å². The van der Waals surface area contributed by atoms with Crippen LogP contribution in [0, 0.1) is 0 Å². The van der Waals surface area contributed by atoms with Gasteiger partial charge in [0.05, 0.1) is 28.0 Å². The van der Waals surface area contributed by atoms with E-state index in [1.165, 1.54) is 0 Å². The first-order valence-electron chi connectivity index (χ1n) is 8.29. The van der Waals surface area contributed by atoms with E-state index in [0.717, 1.165) is 16.6 Å². The molecule has 2 aromatic carbocycles. The summed E-state index contributed by atoms with van der Waals surface area (Å²) in [6.07, 6.45) is 1.14. The van der Waals surface area contributed by atoms with E-state index < -0.39 is 5.54 Å². The first-order valence-corrected chi connectivity index (χ1v) is 8.67. The molecule has 1 aromatic heterocycles. The largest absolute Gasteiger partial charge is 0.300 e. The highest BCUT2D eigenvalue weighted by molar-refractivity contribution is 6.31. The second-order valence-corrected chi connectivity index (χ2v) is 7.33. The fourth-order valence-corrected chi connectivity index (χ4v) is 4.43. The molecule has 0 saturated carbocycles. The zero-order valence-corrected chi connectivity index (χ0v) is 14.4. The Kier molecular flexibility index (Phi) is 2.79. The highest BCUT2D eigenvalue weighted by Gasteiger charge is 2.49. The molecule has 1 atom stereocenters. The predicted molar refractivity (Wildman–Crippen MR) is 97.2 cm³/mol. The summed E-state index contributed by atoms with van der Waals surface area (Å²) < 4.78 is 1.75. The minimum Gasteiger partial charge on any atom is -0.300 e. The van der Waals surface area contributed by atoms with Crippen molar-refractivity contribution in [1.82, 2.24) is 4.57 Å². The third-order valence-corrected chi connectivity index (χ3v) is 5.70. The molecule has 1 fully saturated rings. The summed E-state index contributed by atoms with van der Waals surface area (Å²) in [5.74, 6) is -0.102. The van der Waals surface area contributed by atoms with E-state index in [1.807, 2.05) is 37.3 Å². The molecule has 0 aliphatic carbocycles. The standard InChI is InChI=1S/C20H15ClN2O2/c1-20-9-8-18(24)23(20)16-7-6-13(21)11-14(16)19(25)22-15-5-3-2-4-12(15)10-17(20)22/h2-7,10-11H,8-9H2,1H3. The van der Waals surface area contributed by atoms with Gasteiger partial charge in [-0.25, -0.2) is 0 Å². The van der Waals surface area contributed by atoms with Gasteiger partial charge < -0.3 is 4.90 Å². The van der Waals surface area contributed by atoms with Crippen LogP contribution in [0.4, 0.5) is 5.69 Å². The van der Waals surface area contributed by atoms with Gasteiger partial charge in [0, 0.05) is 16.8 Å². The second-order valence-electron chi connectivity index (χ2n) is 6.89. The molecule has 124 valence electrons. The predicted octanol–water partition coefficient (Wildman–Crippen LogP) is 4.34. The maximum absolute atomic E-state index is 13.4. The van der Waals surface area contributed by atoms with Crippen LogP contribution in [0.15, 0.2) is 48.5 Å². The summed E-state index contributed by atoms with van der Waals surface area (Å²) in [6.45, 7) is 2.04. The summed E-state index contributed by atoms with van der Waals surface area (Å²) in [6, 6.07) is 15.0. The van der Waals surface area contributed by atoms with Crippen LogP contribution in [0.1, 0.15) is 35.8 Å². The molecule has 0 spiro atoms. The molecule has 0 radical (unpaired) electrons. The summed E-state index contributed by atoms with van der Waals surface area (Å²) >= 11 is 6.16. The van der Waals surface area contributed by atoms with Crippen molar-refractivity contribution in [2.24, 2.45) is 0 Å². The van der Waals surface area contributed by atoms with Gasteiger partial charge in [0.2, 0.25) is 5.91 Å². The number of para-hydroxylation sites is 1. The fourth-order valence-electron chi connectivity index (χ4n) is 4.26. The molecule has 0 bridgehead atoms. The lowest BCUT2D eigenvalue weighted by Crippen LogP contribution is -2.41. The number of nitrogens with zero attached hydrogens (tertiary/aromatic N) is 2. The molecular formula is C20H15ClN2O2. The number of rotatable bonds is 0. The molecule has 1 unspecified atom stereocenters. The molecule has 0 N–H and O–H groups in total. The van der Waals surface area contributed by atoms with Crippen LogP contribution < -0.4 is 4.90 Å². The number of benzene rings is 2. The Hall–Kier alpha value is -2.59. The smallest absolute Gasteiger partial charge is 0.264 e. The minimum absolute atomic E-state index is 0.0394. The third kappa shape index (κ3) is 1.78. The molecule has 25 heavy (non-hydrogen) atoms. The van der Waals surface area contributed by atoms with E-state index in [0.29, 0.717) is 29.1 Å². The monoisotopic (exact) mass is 350 g/mol. The van der Waals surface area contributed by atoms with Crippen molar-refractivity contribution in [2.75, 3.05) is 4.90 Å². The lowest BCUT2D eigenvalue weighted by Gasteiger charge is -2.34. The maximum atomic E-state index is 13.4. The quantitative estimate of drug-likeness (QED) is 0.605. The van der Waals surface area contributed by atoms with Crippen molar-refractivity contribution in [3.8, 4) is 0 Å². The Morgan fingerprint density at radius 3 is 2.72 bits per heavy atom. The van der Waals surface area contributed by atoms with Crippen molar-refractivity contribution in [2.45, 2.75) is 25.3 Å². The fraction of sp³-hybridized carbons (Fsp3) is 0.200. The highest BCUT2D eigenvalue weighted by atomic mass is 35.5. The molecular weight excluding hydrogens is 336 g/mol. The summed E-state index contributed by atoms with van der Waals surface area (Å²) in [5.41, 5.74) is 2.28. The maximum Gasteiger partial charge on any atom is 0.264 e. The van der Waals surface area contributed by atoms with Crippen molar-refractivity contribution in [1.29, 1.82) is 0 Å². The summed E-state index contributed by atoms with van der Waals surface area (Å²) in [4.78, 5) is 27.9. The van der Waals surface area contributed by atoms with Gasteiger partial charge in [-0.15, -0.1) is 0 Å². The Morgan fingerprint density at radius 1 is 1.08 bits per heavy atom. The van der Waals surface area contributed by atoms with Gasteiger partial charge in [-0.05, 0) is 43.7 Å². The van der Waals surface area contributed by atoms with Crippen molar-refractivity contribution < 1.29 is 9.59 Å². The number of amides is 1. The molecule has 4 nitrogen and oxygen atoms in total. The Labute approximate surface area is 149 Å². The van der Waals surface area contributed by atoms with Gasteiger partial charge in [-0.3, -0.25) is 14.2 Å². The van der Waals surface area contributed by atoms with Crippen LogP contribution in [-0.4, -0.2) is 16.4 Å². The number of carbonyl (C=O) groups excluding carboxylic acids is 2. The minimum atomic E-state index is -0.551. The first kappa shape index (κ1) is 14.7. The molecule has 1 amide bonds. The van der Waals surface area contributed by atoms with Crippen LogP contribution in [0.25, 0.3) is 10.9 Å². The molecule has 2 aliphatic heterocycles. The molecule has 3 aromatic rings. The van der Waals surface area contributed by atoms with Crippen molar-refractivity contribution >= 4 is 40.0 Å². The number of anilines is 1. The molecule has 1 saturated heterocycles. The number of fused-ring (bicyclic) bond motifs is 7. The first-order chi connectivity index (χ1) is 12.0. The number of hydrogen-bond acceptors (Lipinski definition) is 2. The van der Waals surface area contributed by atoms with Gasteiger partial charge in [-0.2, -0.15) is 0 Å². The van der Waals surface area contributed by atoms with Crippen molar-refractivity contribution in [3.05, 3.63) is 64.8 Å².